The van der Waals surface area contributed by atoms with Crippen LogP contribution in [-0.2, 0) is 15.9 Å². The minimum Gasteiger partial charge on any atom is -0.377 e. The van der Waals surface area contributed by atoms with Crippen molar-refractivity contribution in [2.24, 2.45) is 0 Å². The van der Waals surface area contributed by atoms with Gasteiger partial charge in [-0.2, -0.15) is 0 Å². The lowest BCUT2D eigenvalue weighted by Crippen LogP contribution is -2.61. The Morgan fingerprint density at radius 2 is 2.26 bits per heavy atom. The molecule has 1 saturated carbocycles. The summed E-state index contributed by atoms with van der Waals surface area (Å²) in [5.41, 5.74) is 0. The number of hydrogen-bond acceptors (Lipinski definition) is 4. The van der Waals surface area contributed by atoms with Gasteiger partial charge in [-0.05, 0) is 45.7 Å². The van der Waals surface area contributed by atoms with E-state index in [-0.39, 0.29) is 12.2 Å². The summed E-state index contributed by atoms with van der Waals surface area (Å²) in [4.78, 5) is 2.84. The Hall–Kier alpha value is -0.420. The number of ether oxygens (including phenoxy) is 2. The summed E-state index contributed by atoms with van der Waals surface area (Å²) in [6.45, 7) is 7.21. The fourth-order valence-electron chi connectivity index (χ4n) is 2.76. The summed E-state index contributed by atoms with van der Waals surface area (Å²) in [5.74, 6) is 0. The van der Waals surface area contributed by atoms with Crippen LogP contribution in [0.15, 0.2) is 12.1 Å². The Balaban J connectivity index is 1.78. The molecular formula is C15H25NO2S. The molecule has 0 radical (unpaired) electrons. The van der Waals surface area contributed by atoms with E-state index in [0.29, 0.717) is 12.1 Å². The zero-order chi connectivity index (χ0) is 13.8. The van der Waals surface area contributed by atoms with Crippen molar-refractivity contribution in [3.8, 4) is 0 Å². The maximum absolute atomic E-state index is 5.65. The quantitative estimate of drug-likeness (QED) is 0.834. The van der Waals surface area contributed by atoms with Gasteiger partial charge < -0.3 is 14.8 Å². The monoisotopic (exact) mass is 283 g/mol. The summed E-state index contributed by atoms with van der Waals surface area (Å²) in [6.07, 6.45) is 2.61. The highest BCUT2D eigenvalue weighted by molar-refractivity contribution is 7.11. The zero-order valence-corrected chi connectivity index (χ0v) is 13.1. The molecule has 1 heterocycles. The van der Waals surface area contributed by atoms with Gasteiger partial charge >= 0.3 is 0 Å². The SMILES string of the molecule is CCOC1CC(NC(C)Cc2ccc(C)s2)C1OC. The van der Waals surface area contributed by atoms with Crippen LogP contribution in [0.3, 0.4) is 0 Å². The van der Waals surface area contributed by atoms with E-state index in [4.69, 9.17) is 9.47 Å². The van der Waals surface area contributed by atoms with Crippen LogP contribution in [0, 0.1) is 6.92 Å². The van der Waals surface area contributed by atoms with Gasteiger partial charge in [-0.1, -0.05) is 0 Å². The maximum Gasteiger partial charge on any atom is 0.0986 e. The molecule has 1 aliphatic rings. The molecule has 0 spiro atoms. The second kappa shape index (κ2) is 6.84. The Morgan fingerprint density at radius 3 is 2.84 bits per heavy atom. The first kappa shape index (κ1) is 15.0. The molecule has 0 bridgehead atoms. The number of hydrogen-bond donors (Lipinski definition) is 1. The second-order valence-electron chi connectivity index (χ2n) is 5.32. The predicted octanol–water partition coefficient (Wildman–Crippen LogP) is 2.77. The van der Waals surface area contributed by atoms with Crippen molar-refractivity contribution in [2.45, 2.75) is 57.9 Å². The Morgan fingerprint density at radius 1 is 1.47 bits per heavy atom. The predicted molar refractivity (Wildman–Crippen MR) is 80.0 cm³/mol. The number of methoxy groups -OCH3 is 1. The standard InChI is InChI=1S/C15H25NO2S/c1-5-18-14-9-13(15(14)17-4)16-10(2)8-12-7-6-11(3)19-12/h6-7,10,13-16H,5,8-9H2,1-4H3. The molecule has 19 heavy (non-hydrogen) atoms. The van der Waals surface area contributed by atoms with E-state index in [9.17, 15) is 0 Å². The molecule has 0 amide bonds. The highest BCUT2D eigenvalue weighted by Gasteiger charge is 2.42. The molecule has 0 saturated heterocycles. The van der Waals surface area contributed by atoms with Crippen molar-refractivity contribution in [1.82, 2.24) is 5.32 Å². The third-order valence-electron chi connectivity index (χ3n) is 3.70. The van der Waals surface area contributed by atoms with Crippen LogP contribution in [0.1, 0.15) is 30.0 Å². The van der Waals surface area contributed by atoms with Gasteiger partial charge in [-0.3, -0.25) is 0 Å². The molecule has 1 aromatic rings. The zero-order valence-electron chi connectivity index (χ0n) is 12.3. The lowest BCUT2D eigenvalue weighted by Gasteiger charge is -2.44. The molecule has 1 N–H and O–H groups in total. The summed E-state index contributed by atoms with van der Waals surface area (Å²) >= 11 is 1.89. The number of rotatable bonds is 7. The van der Waals surface area contributed by atoms with Gasteiger partial charge in [0, 0.05) is 35.6 Å². The minimum absolute atomic E-state index is 0.201. The normalized spacial score (nSPS) is 28.1. The fourth-order valence-corrected chi connectivity index (χ4v) is 3.78. The van der Waals surface area contributed by atoms with Crippen molar-refractivity contribution in [1.29, 1.82) is 0 Å². The molecule has 4 heteroatoms. The van der Waals surface area contributed by atoms with Crippen LogP contribution >= 0.6 is 11.3 Å². The molecule has 4 atom stereocenters. The molecular weight excluding hydrogens is 258 g/mol. The van der Waals surface area contributed by atoms with E-state index in [1.807, 2.05) is 18.3 Å². The smallest absolute Gasteiger partial charge is 0.0986 e. The third-order valence-corrected chi connectivity index (χ3v) is 4.73. The van der Waals surface area contributed by atoms with Crippen molar-refractivity contribution < 1.29 is 9.47 Å². The van der Waals surface area contributed by atoms with E-state index in [0.717, 1.165) is 19.4 Å². The summed E-state index contributed by atoms with van der Waals surface area (Å²) < 4.78 is 11.2. The topological polar surface area (TPSA) is 30.5 Å². The van der Waals surface area contributed by atoms with Crippen LogP contribution in [0.2, 0.25) is 0 Å². The molecule has 4 unspecified atom stereocenters. The summed E-state index contributed by atoms with van der Waals surface area (Å²) in [6, 6.07) is 5.33. The lowest BCUT2D eigenvalue weighted by atomic mass is 9.84. The van der Waals surface area contributed by atoms with E-state index in [1.54, 1.807) is 7.11 Å². The van der Waals surface area contributed by atoms with Crippen LogP contribution in [0.4, 0.5) is 0 Å². The third kappa shape index (κ3) is 3.78. The minimum atomic E-state index is 0.201. The van der Waals surface area contributed by atoms with Crippen LogP contribution in [0.25, 0.3) is 0 Å². The Kier molecular flexibility index (Phi) is 5.39. The first-order chi connectivity index (χ1) is 9.13. The van der Waals surface area contributed by atoms with E-state index >= 15 is 0 Å². The molecule has 1 fully saturated rings. The van der Waals surface area contributed by atoms with Crippen molar-refractivity contribution in [3.63, 3.8) is 0 Å². The second-order valence-corrected chi connectivity index (χ2v) is 6.69. The lowest BCUT2D eigenvalue weighted by molar-refractivity contribution is -0.132. The molecule has 3 nitrogen and oxygen atoms in total. The van der Waals surface area contributed by atoms with Crippen LogP contribution in [0.5, 0.6) is 0 Å². The molecule has 108 valence electrons. The Bertz CT molecular complexity index is 393. The highest BCUT2D eigenvalue weighted by atomic mass is 32.1. The largest absolute Gasteiger partial charge is 0.377 e. The van der Waals surface area contributed by atoms with Gasteiger partial charge in [-0.25, -0.2) is 0 Å². The van der Waals surface area contributed by atoms with Gasteiger partial charge in [-0.15, -0.1) is 11.3 Å². The van der Waals surface area contributed by atoms with E-state index in [2.05, 4.69) is 31.3 Å². The van der Waals surface area contributed by atoms with Gasteiger partial charge in [0.1, 0.15) is 0 Å². The number of aryl methyl sites for hydroxylation is 1. The molecule has 1 aromatic heterocycles. The van der Waals surface area contributed by atoms with Crippen LogP contribution < -0.4 is 5.32 Å². The number of nitrogens with one attached hydrogen (secondary N) is 1. The molecule has 2 rings (SSSR count). The molecule has 1 aliphatic carbocycles. The van der Waals surface area contributed by atoms with Crippen molar-refractivity contribution in [2.75, 3.05) is 13.7 Å². The summed E-state index contributed by atoms with van der Waals surface area (Å²) in [5, 5.41) is 3.67. The molecule has 0 aliphatic heterocycles. The maximum atomic E-state index is 5.65. The van der Waals surface area contributed by atoms with Gasteiger partial charge in [0.2, 0.25) is 0 Å². The average Bonchev–Trinajstić information content (AvgIpc) is 2.73. The van der Waals surface area contributed by atoms with Gasteiger partial charge in [0.15, 0.2) is 0 Å². The van der Waals surface area contributed by atoms with Crippen molar-refractivity contribution in [3.05, 3.63) is 21.9 Å². The summed E-state index contributed by atoms with van der Waals surface area (Å²) in [7, 11) is 1.78. The average molecular weight is 283 g/mol. The Labute approximate surface area is 120 Å². The van der Waals surface area contributed by atoms with Crippen molar-refractivity contribution >= 4 is 11.3 Å². The van der Waals surface area contributed by atoms with Crippen LogP contribution in [-0.4, -0.2) is 38.0 Å². The fraction of sp³-hybridized carbons (Fsp3) is 0.733. The van der Waals surface area contributed by atoms with Gasteiger partial charge in [0.25, 0.3) is 0 Å². The first-order valence-corrected chi connectivity index (χ1v) is 7.91. The van der Waals surface area contributed by atoms with Gasteiger partial charge in [0.05, 0.1) is 12.2 Å². The number of thiophene rings is 1. The highest BCUT2D eigenvalue weighted by Crippen LogP contribution is 2.27. The van der Waals surface area contributed by atoms with E-state index in [1.165, 1.54) is 9.75 Å². The molecule has 0 aromatic carbocycles. The first-order valence-electron chi connectivity index (χ1n) is 7.09. The van der Waals surface area contributed by atoms with E-state index < -0.39 is 0 Å².